The number of halogens is 1. The Labute approximate surface area is 363 Å². The molecule has 0 bridgehead atoms. The van der Waals surface area contributed by atoms with Crippen molar-refractivity contribution in [1.29, 1.82) is 0 Å². The van der Waals surface area contributed by atoms with Crippen molar-refractivity contribution in [3.05, 3.63) is 57.8 Å². The number of amides is 5. The lowest BCUT2D eigenvalue weighted by molar-refractivity contribution is -0.136. The van der Waals surface area contributed by atoms with Crippen LogP contribution in [-0.2, 0) is 24.4 Å². The zero-order chi connectivity index (χ0) is 44.4. The minimum absolute atomic E-state index is 0.000314. The first kappa shape index (κ1) is 42.9. The van der Waals surface area contributed by atoms with Crippen LogP contribution in [-0.4, -0.2) is 134 Å². The molecule has 7 heterocycles. The number of pyridine rings is 1. The standard InChI is InChI=1S/C43H52FN9O9S/c1-43(60)14-2-3-34(43)53-36(55)7-4-26-24-45-42(48-38(26)53)46-27-10-19-51(20-11-27)63(61,62)28-12-17-50(18-13-28)37(56)21-25-8-15-49(16-9-25)33-23-30-29(22-31(33)44)40(58)52(41(30)59)32-5-6-35(54)47-39(32)57/h4,7,22-25,27-28,32,34,60H,2-3,5-6,8-21H2,1H3,(H,45,46,48)(H,47,54,57)/t32?,34-,43-/m1/s1. The summed E-state index contributed by atoms with van der Waals surface area (Å²) >= 11 is 0. The molecule has 1 aromatic carbocycles. The van der Waals surface area contributed by atoms with Gasteiger partial charge in [0, 0.05) is 75.8 Å². The second-order valence-electron chi connectivity index (χ2n) is 18.2. The van der Waals surface area contributed by atoms with E-state index < -0.39 is 62.4 Å². The van der Waals surface area contributed by atoms with Crippen LogP contribution in [0, 0.1) is 11.7 Å². The number of carbonyl (C=O) groups is 5. The van der Waals surface area contributed by atoms with Crippen molar-refractivity contribution < 1.29 is 41.9 Å². The minimum Gasteiger partial charge on any atom is -0.388 e. The highest BCUT2D eigenvalue weighted by Crippen LogP contribution is 2.40. The number of piperidine rings is 4. The van der Waals surface area contributed by atoms with Crippen LogP contribution >= 0.6 is 0 Å². The highest BCUT2D eigenvalue weighted by molar-refractivity contribution is 7.89. The number of aliphatic hydroxyl groups is 1. The molecule has 2 aromatic heterocycles. The monoisotopic (exact) mass is 889 g/mol. The maximum absolute atomic E-state index is 15.5. The molecule has 5 fully saturated rings. The maximum atomic E-state index is 15.5. The number of hydrogen-bond donors (Lipinski definition) is 3. The van der Waals surface area contributed by atoms with Crippen molar-refractivity contribution in [3.8, 4) is 0 Å². The summed E-state index contributed by atoms with van der Waals surface area (Å²) in [6.45, 7) is 3.91. The third kappa shape index (κ3) is 8.09. The van der Waals surface area contributed by atoms with E-state index in [2.05, 4.69) is 15.6 Å². The van der Waals surface area contributed by atoms with Crippen LogP contribution in [0.1, 0.15) is 111 Å². The molecule has 1 aliphatic carbocycles. The van der Waals surface area contributed by atoms with Gasteiger partial charge in [-0.05, 0) is 95.2 Å². The van der Waals surface area contributed by atoms with Gasteiger partial charge in [0.05, 0.1) is 33.7 Å². The Morgan fingerprint density at radius 1 is 0.921 bits per heavy atom. The number of carbonyl (C=O) groups excluding carboxylic acids is 5. The smallest absolute Gasteiger partial charge is 0.262 e. The highest BCUT2D eigenvalue weighted by atomic mass is 32.2. The van der Waals surface area contributed by atoms with E-state index in [9.17, 15) is 42.3 Å². The molecule has 3 N–H and O–H groups in total. The topological polar surface area (TPSA) is 225 Å². The van der Waals surface area contributed by atoms with Gasteiger partial charge in [0.25, 0.3) is 17.4 Å². The number of aromatic nitrogens is 3. The van der Waals surface area contributed by atoms with Crippen LogP contribution in [0.3, 0.4) is 0 Å². The van der Waals surface area contributed by atoms with Gasteiger partial charge in [0.1, 0.15) is 17.5 Å². The van der Waals surface area contributed by atoms with E-state index in [1.807, 2.05) is 0 Å². The number of nitrogens with zero attached hydrogens (tertiary/aromatic N) is 7. The first-order chi connectivity index (χ1) is 30.1. The van der Waals surface area contributed by atoms with E-state index in [1.165, 1.54) is 12.1 Å². The zero-order valence-electron chi connectivity index (χ0n) is 35.1. The number of anilines is 2. The molecule has 9 rings (SSSR count). The molecular formula is C43H52FN9O9S. The number of fused-ring (bicyclic) bond motifs is 2. The summed E-state index contributed by atoms with van der Waals surface area (Å²) in [5, 5.41) is 16.6. The first-order valence-corrected chi connectivity index (χ1v) is 23.5. The average molecular weight is 890 g/mol. The molecule has 1 saturated carbocycles. The molecule has 20 heteroatoms. The number of nitrogens with one attached hydrogen (secondary N) is 2. The molecule has 3 atom stereocenters. The fraction of sp³-hybridized carbons (Fsp3) is 0.581. The fourth-order valence-corrected chi connectivity index (χ4v) is 12.4. The van der Waals surface area contributed by atoms with Gasteiger partial charge in [0.15, 0.2) is 0 Å². The van der Waals surface area contributed by atoms with Crippen LogP contribution in [0.5, 0.6) is 0 Å². The second-order valence-corrected chi connectivity index (χ2v) is 20.4. The van der Waals surface area contributed by atoms with Crippen LogP contribution in [0.25, 0.3) is 11.0 Å². The molecule has 336 valence electrons. The van der Waals surface area contributed by atoms with Gasteiger partial charge < -0.3 is 20.2 Å². The largest absolute Gasteiger partial charge is 0.388 e. The fourth-order valence-electron chi connectivity index (χ4n) is 10.5. The summed E-state index contributed by atoms with van der Waals surface area (Å²) in [6.07, 6.45) is 6.91. The molecular weight excluding hydrogens is 838 g/mol. The van der Waals surface area contributed by atoms with Crippen molar-refractivity contribution in [3.63, 3.8) is 0 Å². The van der Waals surface area contributed by atoms with Crippen molar-refractivity contribution in [2.75, 3.05) is 49.5 Å². The summed E-state index contributed by atoms with van der Waals surface area (Å²) in [6, 6.07) is 3.91. The second kappa shape index (κ2) is 16.7. The number of likely N-dealkylation sites (tertiary alicyclic amines) is 1. The van der Waals surface area contributed by atoms with Crippen molar-refractivity contribution in [2.24, 2.45) is 5.92 Å². The van der Waals surface area contributed by atoms with Gasteiger partial charge in [0.2, 0.25) is 33.7 Å². The Balaban J connectivity index is 0.740. The Morgan fingerprint density at radius 2 is 1.62 bits per heavy atom. The molecule has 0 spiro atoms. The number of hydrogen-bond acceptors (Lipinski definition) is 13. The van der Waals surface area contributed by atoms with Gasteiger partial charge in [-0.15, -0.1) is 0 Å². The first-order valence-electron chi connectivity index (χ1n) is 22.0. The highest BCUT2D eigenvalue weighted by Gasteiger charge is 2.46. The molecule has 5 aliphatic heterocycles. The summed E-state index contributed by atoms with van der Waals surface area (Å²) < 4.78 is 46.2. The number of benzene rings is 1. The number of imide groups is 2. The van der Waals surface area contributed by atoms with E-state index in [0.29, 0.717) is 108 Å². The lowest BCUT2D eigenvalue weighted by Crippen LogP contribution is -2.54. The Hall–Kier alpha value is -5.34. The molecule has 3 aromatic rings. The lowest BCUT2D eigenvalue weighted by atomic mass is 9.92. The molecule has 0 radical (unpaired) electrons. The predicted octanol–water partition coefficient (Wildman–Crippen LogP) is 2.31. The van der Waals surface area contributed by atoms with Gasteiger partial charge in [-0.2, -0.15) is 4.98 Å². The van der Waals surface area contributed by atoms with E-state index in [1.54, 1.807) is 37.9 Å². The quantitative estimate of drug-likeness (QED) is 0.263. The Morgan fingerprint density at radius 3 is 2.29 bits per heavy atom. The third-order valence-corrected chi connectivity index (χ3v) is 16.5. The number of sulfonamides is 1. The van der Waals surface area contributed by atoms with Crippen LogP contribution in [0.15, 0.2) is 35.3 Å². The summed E-state index contributed by atoms with van der Waals surface area (Å²) in [5.74, 6) is -3.05. The molecule has 1 unspecified atom stereocenters. The molecule has 63 heavy (non-hydrogen) atoms. The van der Waals surface area contributed by atoms with Gasteiger partial charge in [-0.3, -0.25) is 43.6 Å². The van der Waals surface area contributed by atoms with Gasteiger partial charge >= 0.3 is 0 Å². The van der Waals surface area contributed by atoms with E-state index in [4.69, 9.17) is 4.98 Å². The van der Waals surface area contributed by atoms with Crippen molar-refractivity contribution >= 4 is 62.2 Å². The summed E-state index contributed by atoms with van der Waals surface area (Å²) in [4.78, 5) is 90.4. The zero-order valence-corrected chi connectivity index (χ0v) is 35.9. The molecule has 4 saturated heterocycles. The summed E-state index contributed by atoms with van der Waals surface area (Å²) in [5.41, 5.74) is -0.765. The van der Waals surface area contributed by atoms with Crippen LogP contribution < -0.4 is 21.1 Å². The third-order valence-electron chi connectivity index (χ3n) is 14.1. The predicted molar refractivity (Wildman–Crippen MR) is 227 cm³/mol. The van der Waals surface area contributed by atoms with Crippen LogP contribution in [0.2, 0.25) is 0 Å². The number of rotatable bonds is 9. The van der Waals surface area contributed by atoms with Crippen molar-refractivity contribution in [1.82, 2.24) is 34.0 Å². The minimum atomic E-state index is -3.61. The molecule has 5 amide bonds. The Bertz CT molecular complexity index is 2550. The van der Waals surface area contributed by atoms with Gasteiger partial charge in [-0.25, -0.2) is 22.1 Å². The summed E-state index contributed by atoms with van der Waals surface area (Å²) in [7, 11) is -3.61. The normalized spacial score (nSPS) is 25.9. The molecule has 18 nitrogen and oxygen atoms in total. The molecule has 6 aliphatic rings. The van der Waals surface area contributed by atoms with Crippen molar-refractivity contribution in [2.45, 2.75) is 113 Å². The van der Waals surface area contributed by atoms with Gasteiger partial charge in [-0.1, -0.05) is 0 Å². The SMILES string of the molecule is C[C@@]1(O)CCC[C@H]1n1c(=O)ccc2cnc(NC3CCN(S(=O)(=O)C4CCN(C(=O)CC5CCN(c6cc7c(cc6F)C(=O)N(C6CCC(=O)NC6=O)C7=O)CC5)CC4)CC3)nc21. The Kier molecular flexibility index (Phi) is 11.4. The average Bonchev–Trinajstić information content (AvgIpc) is 3.73. The maximum Gasteiger partial charge on any atom is 0.262 e. The van der Waals surface area contributed by atoms with E-state index in [-0.39, 0.29) is 59.5 Å². The lowest BCUT2D eigenvalue weighted by Gasteiger charge is -2.38. The van der Waals surface area contributed by atoms with Crippen LogP contribution in [0.4, 0.5) is 16.0 Å². The van der Waals surface area contributed by atoms with E-state index in [0.717, 1.165) is 17.4 Å². The van der Waals surface area contributed by atoms with E-state index >= 15 is 4.39 Å².